The predicted octanol–water partition coefficient (Wildman–Crippen LogP) is 1.10. The Morgan fingerprint density at radius 1 is 1.48 bits per heavy atom. The molecule has 1 aliphatic heterocycles. The molecule has 1 atom stereocenters. The van der Waals surface area contributed by atoms with Gasteiger partial charge >= 0.3 is 0 Å². The summed E-state index contributed by atoms with van der Waals surface area (Å²) in [7, 11) is -3.33. The van der Waals surface area contributed by atoms with Crippen LogP contribution in [0.25, 0.3) is 0 Å². The van der Waals surface area contributed by atoms with Gasteiger partial charge in [0.25, 0.3) is 0 Å². The molecule has 0 radical (unpaired) electrons. The van der Waals surface area contributed by atoms with Crippen molar-refractivity contribution in [2.45, 2.75) is 19.9 Å². The molecule has 0 bridgehead atoms. The fraction of sp³-hybridized carbons (Fsp3) is 0.429. The second-order valence-electron chi connectivity index (χ2n) is 5.18. The van der Waals surface area contributed by atoms with Crippen LogP contribution < -0.4 is 4.72 Å². The average molecular weight is 307 g/mol. The van der Waals surface area contributed by atoms with E-state index in [0.29, 0.717) is 25.2 Å². The van der Waals surface area contributed by atoms with Gasteiger partial charge in [0.2, 0.25) is 15.9 Å². The maximum Gasteiger partial charge on any atom is 0.239 e. The lowest BCUT2D eigenvalue weighted by molar-refractivity contribution is -0.134. The molecule has 112 valence electrons. The monoisotopic (exact) mass is 307 g/mol. The van der Waals surface area contributed by atoms with Crippen LogP contribution in [0, 0.1) is 17.2 Å². The number of nitrogens with zero attached hydrogens (tertiary/aromatic N) is 2. The summed E-state index contributed by atoms with van der Waals surface area (Å²) in [4.78, 5) is 13.7. The fourth-order valence-electron chi connectivity index (χ4n) is 2.42. The van der Waals surface area contributed by atoms with E-state index < -0.39 is 15.9 Å². The van der Waals surface area contributed by atoms with Crippen LogP contribution >= 0.6 is 0 Å². The fourth-order valence-corrected chi connectivity index (χ4v) is 3.01. The highest BCUT2D eigenvalue weighted by Crippen LogP contribution is 2.27. The topological polar surface area (TPSA) is 90.3 Å². The lowest BCUT2D eigenvalue weighted by Gasteiger charge is -2.30. The number of rotatable bonds is 3. The quantitative estimate of drug-likeness (QED) is 0.905. The van der Waals surface area contributed by atoms with Gasteiger partial charge in [-0.25, -0.2) is 8.42 Å². The number of anilines is 1. The molecule has 2 rings (SSSR count). The zero-order chi connectivity index (χ0) is 15.6. The minimum absolute atomic E-state index is 0.190. The molecule has 0 aromatic heterocycles. The summed E-state index contributed by atoms with van der Waals surface area (Å²) in [6, 6.07) is 7.30. The first kappa shape index (κ1) is 15.3. The lowest BCUT2D eigenvalue weighted by atomic mass is 9.97. The molecule has 7 heteroatoms. The van der Waals surface area contributed by atoms with Gasteiger partial charge in [-0.1, -0.05) is 12.1 Å². The summed E-state index contributed by atoms with van der Waals surface area (Å²) >= 11 is 0. The van der Waals surface area contributed by atoms with Gasteiger partial charge in [0.1, 0.15) is 5.92 Å². The molecule has 0 saturated carbocycles. The Morgan fingerprint density at radius 3 is 2.81 bits per heavy atom. The highest BCUT2D eigenvalue weighted by molar-refractivity contribution is 7.92. The Labute approximate surface area is 124 Å². The van der Waals surface area contributed by atoms with Gasteiger partial charge in [0, 0.05) is 13.1 Å². The number of hydrogen-bond acceptors (Lipinski definition) is 4. The van der Waals surface area contributed by atoms with Crippen molar-refractivity contribution in [1.29, 1.82) is 5.26 Å². The Bertz CT molecular complexity index is 707. The van der Waals surface area contributed by atoms with Crippen molar-refractivity contribution in [2.75, 3.05) is 17.5 Å². The minimum atomic E-state index is -3.33. The number of hydrogen-bond donors (Lipinski definition) is 1. The number of amides is 1. The first-order valence-corrected chi connectivity index (χ1v) is 8.48. The van der Waals surface area contributed by atoms with E-state index in [9.17, 15) is 13.2 Å². The number of sulfonamides is 1. The summed E-state index contributed by atoms with van der Waals surface area (Å²) < 4.78 is 25.3. The number of carbonyl (C=O) groups excluding carboxylic acids is 1. The van der Waals surface area contributed by atoms with Gasteiger partial charge in [0.15, 0.2) is 0 Å². The Balaban J connectivity index is 2.26. The van der Waals surface area contributed by atoms with Crippen LogP contribution in [0.2, 0.25) is 0 Å². The van der Waals surface area contributed by atoms with Crippen molar-refractivity contribution < 1.29 is 13.2 Å². The van der Waals surface area contributed by atoms with Crippen molar-refractivity contribution in [3.05, 3.63) is 29.3 Å². The molecule has 0 aliphatic carbocycles. The molecule has 1 aliphatic rings. The number of nitrogens with one attached hydrogen (secondary N) is 1. The molecule has 1 amide bonds. The van der Waals surface area contributed by atoms with Gasteiger partial charge in [-0.05, 0) is 30.5 Å². The molecular weight excluding hydrogens is 290 g/mol. The average Bonchev–Trinajstić information content (AvgIpc) is 2.43. The maximum atomic E-state index is 12.0. The largest absolute Gasteiger partial charge is 0.337 e. The summed E-state index contributed by atoms with van der Waals surface area (Å²) in [6.45, 7) is 2.47. The van der Waals surface area contributed by atoms with Crippen molar-refractivity contribution in [3.8, 4) is 6.07 Å². The van der Waals surface area contributed by atoms with Crippen LogP contribution in [0.1, 0.15) is 18.1 Å². The van der Waals surface area contributed by atoms with Gasteiger partial charge in [-0.15, -0.1) is 0 Å². The Hall–Kier alpha value is -2.07. The smallest absolute Gasteiger partial charge is 0.239 e. The molecular formula is C14H17N3O3S. The van der Waals surface area contributed by atoms with E-state index in [1.807, 2.05) is 12.1 Å². The van der Waals surface area contributed by atoms with E-state index in [1.54, 1.807) is 24.0 Å². The number of nitriles is 1. The van der Waals surface area contributed by atoms with Crippen molar-refractivity contribution in [3.63, 3.8) is 0 Å². The standard InChI is InChI=1S/C14H17N3O3S/c1-10(8-15)14(18)17-7-6-12-11(9-17)4-3-5-13(12)16-21(2,19)20/h3-5,10,16H,6-7,9H2,1-2H3. The molecule has 1 aromatic rings. The molecule has 1 aromatic carbocycles. The second kappa shape index (κ2) is 5.74. The van der Waals surface area contributed by atoms with Gasteiger partial charge in [-0.3, -0.25) is 9.52 Å². The molecule has 1 unspecified atom stereocenters. The van der Waals surface area contributed by atoms with E-state index in [4.69, 9.17) is 5.26 Å². The van der Waals surface area contributed by atoms with Crippen molar-refractivity contribution in [2.24, 2.45) is 5.92 Å². The normalized spacial score (nSPS) is 15.8. The van der Waals surface area contributed by atoms with E-state index in [0.717, 1.165) is 17.4 Å². The van der Waals surface area contributed by atoms with Crippen LogP contribution in [0.4, 0.5) is 5.69 Å². The lowest BCUT2D eigenvalue weighted by Crippen LogP contribution is -2.39. The summed E-state index contributed by atoms with van der Waals surface area (Å²) in [6.07, 6.45) is 1.68. The minimum Gasteiger partial charge on any atom is -0.337 e. The highest BCUT2D eigenvalue weighted by atomic mass is 32.2. The Morgan fingerprint density at radius 2 is 2.19 bits per heavy atom. The zero-order valence-electron chi connectivity index (χ0n) is 12.0. The third kappa shape index (κ3) is 3.52. The molecule has 0 saturated heterocycles. The molecule has 21 heavy (non-hydrogen) atoms. The third-order valence-corrected chi connectivity index (χ3v) is 4.03. The summed E-state index contributed by atoms with van der Waals surface area (Å²) in [5, 5.41) is 8.83. The van der Waals surface area contributed by atoms with E-state index in [-0.39, 0.29) is 5.91 Å². The van der Waals surface area contributed by atoms with Crippen LogP contribution in [0.3, 0.4) is 0 Å². The first-order valence-electron chi connectivity index (χ1n) is 6.59. The van der Waals surface area contributed by atoms with E-state index in [1.165, 1.54) is 0 Å². The maximum absolute atomic E-state index is 12.0. The van der Waals surface area contributed by atoms with Crippen LogP contribution in [0.5, 0.6) is 0 Å². The number of fused-ring (bicyclic) bond motifs is 1. The highest BCUT2D eigenvalue weighted by Gasteiger charge is 2.26. The molecule has 1 N–H and O–H groups in total. The van der Waals surface area contributed by atoms with Crippen LogP contribution in [0.15, 0.2) is 18.2 Å². The number of carbonyl (C=O) groups is 1. The van der Waals surface area contributed by atoms with Gasteiger partial charge in [-0.2, -0.15) is 5.26 Å². The first-order chi connectivity index (χ1) is 9.81. The zero-order valence-corrected chi connectivity index (χ0v) is 12.8. The van der Waals surface area contributed by atoms with Crippen LogP contribution in [-0.2, 0) is 27.8 Å². The molecule has 0 fully saturated rings. The van der Waals surface area contributed by atoms with Gasteiger partial charge < -0.3 is 4.90 Å². The molecule has 6 nitrogen and oxygen atoms in total. The van der Waals surface area contributed by atoms with Crippen LogP contribution in [-0.4, -0.2) is 32.0 Å². The Kier molecular flexibility index (Phi) is 4.19. The third-order valence-electron chi connectivity index (χ3n) is 3.44. The predicted molar refractivity (Wildman–Crippen MR) is 78.8 cm³/mol. The summed E-state index contributed by atoms with van der Waals surface area (Å²) in [5.41, 5.74) is 2.39. The molecule has 0 spiro atoms. The van der Waals surface area contributed by atoms with E-state index in [2.05, 4.69) is 4.72 Å². The SMILES string of the molecule is CC(C#N)C(=O)N1CCc2c(cccc2NS(C)(=O)=O)C1. The van der Waals surface area contributed by atoms with Crippen molar-refractivity contribution >= 4 is 21.6 Å². The van der Waals surface area contributed by atoms with Gasteiger partial charge in [0.05, 0.1) is 18.0 Å². The van der Waals surface area contributed by atoms with E-state index >= 15 is 0 Å². The van der Waals surface area contributed by atoms with Crippen molar-refractivity contribution in [1.82, 2.24) is 4.90 Å². The summed E-state index contributed by atoms with van der Waals surface area (Å²) in [5.74, 6) is -0.853. The number of benzene rings is 1. The molecule has 1 heterocycles. The second-order valence-corrected chi connectivity index (χ2v) is 6.93.